The molecule has 0 saturated carbocycles. The van der Waals surface area contributed by atoms with Gasteiger partial charge in [0.05, 0.1) is 0 Å². The van der Waals surface area contributed by atoms with Crippen molar-refractivity contribution < 1.29 is 14.3 Å². The zero-order valence-electron chi connectivity index (χ0n) is 9.84. The van der Waals surface area contributed by atoms with Gasteiger partial charge in [-0.15, -0.1) is 0 Å². The average Bonchev–Trinajstić information content (AvgIpc) is 2.35. The molecular weight excluding hydrogens is 220 g/mol. The van der Waals surface area contributed by atoms with E-state index >= 15 is 0 Å². The van der Waals surface area contributed by atoms with Crippen LogP contribution in [0.3, 0.4) is 0 Å². The molecule has 0 aliphatic carbocycles. The molecular formula is C12H16N2O3. The third kappa shape index (κ3) is 3.57. The van der Waals surface area contributed by atoms with E-state index in [1.54, 1.807) is 31.2 Å². The van der Waals surface area contributed by atoms with Gasteiger partial charge < -0.3 is 15.8 Å². The molecule has 3 N–H and O–H groups in total. The van der Waals surface area contributed by atoms with Gasteiger partial charge in [0, 0.05) is 7.11 Å². The highest BCUT2D eigenvalue weighted by atomic mass is 16.5. The Kier molecular flexibility index (Phi) is 4.66. The Bertz CT molecular complexity index is 392. The van der Waals surface area contributed by atoms with Crippen LogP contribution in [0.15, 0.2) is 30.3 Å². The van der Waals surface area contributed by atoms with Crippen molar-refractivity contribution in [1.82, 2.24) is 5.32 Å². The topological polar surface area (TPSA) is 81.4 Å². The molecule has 0 radical (unpaired) electrons. The van der Waals surface area contributed by atoms with Crippen LogP contribution in [-0.4, -0.2) is 25.0 Å². The summed E-state index contributed by atoms with van der Waals surface area (Å²) in [4.78, 5) is 22.9. The van der Waals surface area contributed by atoms with E-state index in [0.29, 0.717) is 5.56 Å². The predicted molar refractivity (Wildman–Crippen MR) is 63.0 cm³/mol. The number of nitrogens with two attached hydrogens (primary N) is 1. The van der Waals surface area contributed by atoms with E-state index in [9.17, 15) is 9.59 Å². The molecule has 0 heterocycles. The van der Waals surface area contributed by atoms with Gasteiger partial charge >= 0.3 is 0 Å². The smallest absolute Gasteiger partial charge is 0.249 e. The first-order valence-corrected chi connectivity index (χ1v) is 5.23. The number of carbonyl (C=O) groups is 2. The minimum atomic E-state index is -0.832. The number of carbonyl (C=O) groups excluding carboxylic acids is 2. The summed E-state index contributed by atoms with van der Waals surface area (Å²) >= 11 is 0. The zero-order chi connectivity index (χ0) is 12.8. The number of rotatable bonds is 5. The third-order valence-corrected chi connectivity index (χ3v) is 2.43. The van der Waals surface area contributed by atoms with Crippen LogP contribution in [0.25, 0.3) is 0 Å². The summed E-state index contributed by atoms with van der Waals surface area (Å²) in [6.07, 6.45) is -0.624. The summed E-state index contributed by atoms with van der Waals surface area (Å²) < 4.78 is 4.86. The highest BCUT2D eigenvalue weighted by Gasteiger charge is 2.22. The van der Waals surface area contributed by atoms with Crippen LogP contribution in [0.2, 0.25) is 0 Å². The quantitative estimate of drug-likeness (QED) is 0.774. The molecule has 5 nitrogen and oxygen atoms in total. The fourth-order valence-corrected chi connectivity index (χ4v) is 1.33. The maximum absolute atomic E-state index is 11.6. The molecule has 0 aliphatic heterocycles. The van der Waals surface area contributed by atoms with Gasteiger partial charge in [0.15, 0.2) is 0 Å². The van der Waals surface area contributed by atoms with Crippen molar-refractivity contribution >= 4 is 11.8 Å². The van der Waals surface area contributed by atoms with E-state index in [-0.39, 0.29) is 5.91 Å². The molecule has 5 heteroatoms. The summed E-state index contributed by atoms with van der Waals surface area (Å²) in [5.41, 5.74) is 5.91. The van der Waals surface area contributed by atoms with Crippen LogP contribution in [0.4, 0.5) is 0 Å². The molecule has 1 rings (SSSR count). The second kappa shape index (κ2) is 6.00. The number of benzene rings is 1. The molecule has 0 fully saturated rings. The summed E-state index contributed by atoms with van der Waals surface area (Å²) in [5.74, 6) is -0.979. The lowest BCUT2D eigenvalue weighted by atomic mass is 10.1. The molecule has 2 unspecified atom stereocenters. The summed E-state index contributed by atoms with van der Waals surface area (Å²) in [6.45, 7) is 1.60. The summed E-state index contributed by atoms with van der Waals surface area (Å²) in [5, 5.41) is 2.54. The first kappa shape index (κ1) is 13.2. The van der Waals surface area contributed by atoms with Crippen LogP contribution in [0, 0.1) is 0 Å². The summed E-state index contributed by atoms with van der Waals surface area (Å²) in [6, 6.07) is 8.00. The molecule has 0 aliphatic rings. The number of amides is 2. The second-order valence-electron chi connectivity index (χ2n) is 3.63. The largest absolute Gasteiger partial charge is 0.372 e. The van der Waals surface area contributed by atoms with E-state index in [2.05, 4.69) is 5.32 Å². The van der Waals surface area contributed by atoms with Gasteiger partial charge in [0.2, 0.25) is 11.8 Å². The van der Waals surface area contributed by atoms with Crippen molar-refractivity contribution in [3.63, 3.8) is 0 Å². The van der Waals surface area contributed by atoms with Gasteiger partial charge in [-0.25, -0.2) is 0 Å². The fourth-order valence-electron chi connectivity index (χ4n) is 1.33. The van der Waals surface area contributed by atoms with Gasteiger partial charge in [-0.1, -0.05) is 30.3 Å². The fraction of sp³-hybridized carbons (Fsp3) is 0.333. The maximum Gasteiger partial charge on any atom is 0.249 e. The van der Waals surface area contributed by atoms with E-state index in [0.717, 1.165) is 0 Å². The maximum atomic E-state index is 11.6. The average molecular weight is 236 g/mol. The van der Waals surface area contributed by atoms with E-state index in [1.807, 2.05) is 6.07 Å². The Balaban J connectivity index is 2.82. The highest BCUT2D eigenvalue weighted by molar-refractivity contribution is 5.89. The van der Waals surface area contributed by atoms with Gasteiger partial charge in [-0.2, -0.15) is 0 Å². The van der Waals surface area contributed by atoms with E-state index < -0.39 is 18.1 Å². The Morgan fingerprint density at radius 3 is 2.35 bits per heavy atom. The van der Waals surface area contributed by atoms with E-state index in [1.165, 1.54) is 7.11 Å². The number of ether oxygens (including phenoxy) is 1. The minimum Gasteiger partial charge on any atom is -0.372 e. The third-order valence-electron chi connectivity index (χ3n) is 2.43. The lowest BCUT2D eigenvalue weighted by molar-refractivity contribution is -0.133. The lowest BCUT2D eigenvalue weighted by Crippen LogP contribution is -2.42. The van der Waals surface area contributed by atoms with Crippen molar-refractivity contribution in [1.29, 1.82) is 0 Å². The van der Waals surface area contributed by atoms with Crippen LogP contribution >= 0.6 is 0 Å². The lowest BCUT2D eigenvalue weighted by Gasteiger charge is -2.18. The summed E-state index contributed by atoms with van der Waals surface area (Å²) in [7, 11) is 1.42. The van der Waals surface area contributed by atoms with Crippen LogP contribution < -0.4 is 11.1 Å². The van der Waals surface area contributed by atoms with Crippen LogP contribution in [-0.2, 0) is 14.3 Å². The highest BCUT2D eigenvalue weighted by Crippen LogP contribution is 2.12. The number of hydrogen-bond acceptors (Lipinski definition) is 3. The first-order chi connectivity index (χ1) is 8.06. The monoisotopic (exact) mass is 236 g/mol. The Morgan fingerprint density at radius 2 is 1.88 bits per heavy atom. The first-order valence-electron chi connectivity index (χ1n) is 5.23. The molecule has 0 aromatic heterocycles. The molecule has 2 atom stereocenters. The molecule has 1 aromatic carbocycles. The van der Waals surface area contributed by atoms with Crippen molar-refractivity contribution in [2.45, 2.75) is 19.1 Å². The zero-order valence-corrected chi connectivity index (χ0v) is 9.84. The minimum absolute atomic E-state index is 0.375. The number of hydrogen-bond donors (Lipinski definition) is 2. The molecule has 0 saturated heterocycles. The Hall–Kier alpha value is -1.88. The molecule has 0 bridgehead atoms. The molecule has 1 aromatic rings. The molecule has 2 amide bonds. The van der Waals surface area contributed by atoms with Crippen LogP contribution in [0.1, 0.15) is 18.5 Å². The number of methoxy groups -OCH3 is 1. The predicted octanol–water partition coefficient (Wildman–Crippen LogP) is 0.364. The number of nitrogens with one attached hydrogen (secondary N) is 1. The van der Waals surface area contributed by atoms with Crippen molar-refractivity contribution in [2.24, 2.45) is 5.73 Å². The van der Waals surface area contributed by atoms with Crippen molar-refractivity contribution in [3.8, 4) is 0 Å². The molecule has 17 heavy (non-hydrogen) atoms. The standard InChI is InChI=1S/C12H16N2O3/c1-8(17-2)12(16)14-10(11(13)15)9-6-4-3-5-7-9/h3-8,10H,1-2H3,(H2,13,15)(H,14,16). The molecule has 92 valence electrons. The van der Waals surface area contributed by atoms with Crippen LogP contribution in [0.5, 0.6) is 0 Å². The SMILES string of the molecule is COC(C)C(=O)NC(C(N)=O)c1ccccc1. The number of primary amides is 1. The second-order valence-corrected chi connectivity index (χ2v) is 3.63. The Labute approximate surface area is 99.9 Å². The molecule has 0 spiro atoms. The van der Waals surface area contributed by atoms with Gasteiger partial charge in [0.25, 0.3) is 0 Å². The van der Waals surface area contributed by atoms with Gasteiger partial charge in [0.1, 0.15) is 12.1 Å². The van der Waals surface area contributed by atoms with Crippen molar-refractivity contribution in [2.75, 3.05) is 7.11 Å². The Morgan fingerprint density at radius 1 is 1.29 bits per heavy atom. The van der Waals surface area contributed by atoms with Gasteiger partial charge in [-0.05, 0) is 12.5 Å². The van der Waals surface area contributed by atoms with E-state index in [4.69, 9.17) is 10.5 Å². The normalized spacial score (nSPS) is 13.8. The van der Waals surface area contributed by atoms with Crippen molar-refractivity contribution in [3.05, 3.63) is 35.9 Å². The van der Waals surface area contributed by atoms with Gasteiger partial charge in [-0.3, -0.25) is 9.59 Å².